The van der Waals surface area contributed by atoms with Gasteiger partial charge in [-0.2, -0.15) is 0 Å². The van der Waals surface area contributed by atoms with E-state index < -0.39 is 5.60 Å². The molecule has 2 aliphatic carbocycles. The number of carbonyl (C=O) groups is 1. The molecule has 1 aromatic carbocycles. The molecule has 0 heterocycles. The van der Waals surface area contributed by atoms with Crippen LogP contribution in [-0.4, -0.2) is 11.6 Å². The van der Waals surface area contributed by atoms with E-state index in [0.717, 1.165) is 5.92 Å². The largest absolute Gasteiger partial charge is 0.456 e. The van der Waals surface area contributed by atoms with E-state index in [0.29, 0.717) is 17.4 Å². The number of esters is 1. The van der Waals surface area contributed by atoms with Gasteiger partial charge in [-0.05, 0) is 68.1 Å². The van der Waals surface area contributed by atoms with Gasteiger partial charge in [0, 0.05) is 0 Å². The quantitative estimate of drug-likeness (QED) is 0.580. The lowest BCUT2D eigenvalue weighted by molar-refractivity contribution is -0.0222. The molecule has 2 heteroatoms. The monoisotopic (exact) mass is 298 g/mol. The lowest BCUT2D eigenvalue weighted by Gasteiger charge is -2.29. The summed E-state index contributed by atoms with van der Waals surface area (Å²) in [4.78, 5) is 12.5. The van der Waals surface area contributed by atoms with E-state index in [9.17, 15) is 4.79 Å². The third-order valence-electron chi connectivity index (χ3n) is 5.58. The van der Waals surface area contributed by atoms with Crippen molar-refractivity contribution in [3.8, 4) is 0 Å². The number of hydrogen-bond acceptors (Lipinski definition) is 2. The number of hydrogen-bond donors (Lipinski definition) is 0. The Bertz CT molecular complexity index is 597. The standard InChI is InChI=1S/C20H26O2/c1-13(2)20(3,4)22-19(21)17-7-5-6-15(12-17)18-11-14-8-9-16(18)10-14/h5-9,12-14,16,18H,10-11H2,1-4H3. The number of carbonyl (C=O) groups excluding carboxylic acids is 1. The van der Waals surface area contributed by atoms with Crippen LogP contribution in [0.5, 0.6) is 0 Å². The topological polar surface area (TPSA) is 26.3 Å². The zero-order valence-corrected chi connectivity index (χ0v) is 14.0. The number of ether oxygens (including phenoxy) is 1. The van der Waals surface area contributed by atoms with Crippen molar-refractivity contribution in [1.29, 1.82) is 0 Å². The highest BCUT2D eigenvalue weighted by molar-refractivity contribution is 5.90. The third kappa shape index (κ3) is 2.84. The van der Waals surface area contributed by atoms with Gasteiger partial charge in [-0.15, -0.1) is 0 Å². The minimum absolute atomic E-state index is 0.209. The zero-order chi connectivity index (χ0) is 15.9. The van der Waals surface area contributed by atoms with Gasteiger partial charge in [-0.25, -0.2) is 4.79 Å². The molecule has 118 valence electrons. The predicted octanol–water partition coefficient (Wildman–Crippen LogP) is 4.96. The van der Waals surface area contributed by atoms with Crippen LogP contribution in [0.3, 0.4) is 0 Å². The summed E-state index contributed by atoms with van der Waals surface area (Å²) in [6, 6.07) is 8.05. The Labute approximate surface area is 133 Å². The fourth-order valence-electron chi connectivity index (χ4n) is 3.48. The number of fused-ring (bicyclic) bond motifs is 2. The van der Waals surface area contributed by atoms with Crippen molar-refractivity contribution in [2.24, 2.45) is 17.8 Å². The second-order valence-electron chi connectivity index (χ2n) is 7.66. The average Bonchev–Trinajstić information content (AvgIpc) is 3.09. The normalized spacial score (nSPS) is 26.7. The zero-order valence-electron chi connectivity index (χ0n) is 14.0. The fourth-order valence-corrected chi connectivity index (χ4v) is 3.48. The van der Waals surface area contributed by atoms with Gasteiger partial charge >= 0.3 is 5.97 Å². The lowest BCUT2D eigenvalue weighted by atomic mass is 9.86. The molecule has 1 aromatic rings. The van der Waals surface area contributed by atoms with Crippen LogP contribution in [0, 0.1) is 17.8 Å². The maximum Gasteiger partial charge on any atom is 0.338 e. The maximum atomic E-state index is 12.5. The number of benzene rings is 1. The number of rotatable bonds is 4. The molecule has 1 fully saturated rings. The molecule has 0 aliphatic heterocycles. The van der Waals surface area contributed by atoms with Gasteiger partial charge in [0.15, 0.2) is 0 Å². The average molecular weight is 298 g/mol. The van der Waals surface area contributed by atoms with Crippen molar-refractivity contribution in [2.75, 3.05) is 0 Å². The molecule has 0 N–H and O–H groups in total. The van der Waals surface area contributed by atoms with Crippen molar-refractivity contribution in [3.05, 3.63) is 47.5 Å². The molecule has 3 rings (SSSR count). The van der Waals surface area contributed by atoms with E-state index in [1.165, 1.54) is 18.4 Å². The van der Waals surface area contributed by atoms with Gasteiger partial charge in [-0.3, -0.25) is 0 Å². The molecule has 1 saturated carbocycles. The summed E-state index contributed by atoms with van der Waals surface area (Å²) < 4.78 is 5.71. The minimum atomic E-state index is -0.442. The first-order valence-electron chi connectivity index (χ1n) is 8.38. The second kappa shape index (κ2) is 5.57. The Kier molecular flexibility index (Phi) is 3.88. The van der Waals surface area contributed by atoms with Gasteiger partial charge < -0.3 is 4.74 Å². The van der Waals surface area contributed by atoms with E-state index >= 15 is 0 Å². The molecule has 2 nitrogen and oxygen atoms in total. The molecule has 22 heavy (non-hydrogen) atoms. The van der Waals surface area contributed by atoms with Crippen LogP contribution >= 0.6 is 0 Å². The van der Waals surface area contributed by atoms with E-state index in [4.69, 9.17) is 4.74 Å². The highest BCUT2D eigenvalue weighted by Gasteiger charge is 2.36. The number of allylic oxidation sites excluding steroid dienone is 2. The van der Waals surface area contributed by atoms with Gasteiger partial charge in [0.25, 0.3) is 0 Å². The summed E-state index contributed by atoms with van der Waals surface area (Å²) in [7, 11) is 0. The van der Waals surface area contributed by atoms with Gasteiger partial charge in [0.05, 0.1) is 5.56 Å². The van der Waals surface area contributed by atoms with Gasteiger partial charge in [0.2, 0.25) is 0 Å². The molecular weight excluding hydrogens is 272 g/mol. The Hall–Kier alpha value is -1.57. The van der Waals surface area contributed by atoms with Crippen molar-refractivity contribution in [3.63, 3.8) is 0 Å². The van der Waals surface area contributed by atoms with Crippen molar-refractivity contribution in [1.82, 2.24) is 0 Å². The third-order valence-corrected chi connectivity index (χ3v) is 5.58. The predicted molar refractivity (Wildman–Crippen MR) is 88.9 cm³/mol. The molecule has 3 atom stereocenters. The second-order valence-corrected chi connectivity index (χ2v) is 7.66. The SMILES string of the molecule is CC(C)C(C)(C)OC(=O)c1cccc(C2CC3C=CC2C3)c1. The molecule has 0 radical (unpaired) electrons. The highest BCUT2D eigenvalue weighted by atomic mass is 16.6. The molecule has 0 saturated heterocycles. The van der Waals surface area contributed by atoms with Crippen molar-refractivity contribution < 1.29 is 9.53 Å². The van der Waals surface area contributed by atoms with E-state index in [1.807, 2.05) is 32.0 Å². The van der Waals surface area contributed by atoms with Crippen LogP contribution in [-0.2, 0) is 4.74 Å². The van der Waals surface area contributed by atoms with E-state index in [1.54, 1.807) is 0 Å². The van der Waals surface area contributed by atoms with Crippen LogP contribution in [0.4, 0.5) is 0 Å². The molecule has 0 spiro atoms. The molecule has 3 unspecified atom stereocenters. The smallest absolute Gasteiger partial charge is 0.338 e. The summed E-state index contributed by atoms with van der Waals surface area (Å²) in [5, 5.41) is 0. The Morgan fingerprint density at radius 1 is 1.23 bits per heavy atom. The fraction of sp³-hybridized carbons (Fsp3) is 0.550. The van der Waals surface area contributed by atoms with Crippen LogP contribution < -0.4 is 0 Å². The molecular formula is C20H26O2. The minimum Gasteiger partial charge on any atom is -0.456 e. The first-order chi connectivity index (χ1) is 10.4. The van der Waals surface area contributed by atoms with Crippen LogP contribution in [0.2, 0.25) is 0 Å². The first kappa shape index (κ1) is 15.3. The van der Waals surface area contributed by atoms with Crippen LogP contribution in [0.15, 0.2) is 36.4 Å². The van der Waals surface area contributed by atoms with Crippen LogP contribution in [0.25, 0.3) is 0 Å². The van der Waals surface area contributed by atoms with Crippen molar-refractivity contribution >= 4 is 5.97 Å². The van der Waals surface area contributed by atoms with Crippen LogP contribution in [0.1, 0.15) is 62.4 Å². The Morgan fingerprint density at radius 3 is 2.59 bits per heavy atom. The van der Waals surface area contributed by atoms with Gasteiger partial charge in [-0.1, -0.05) is 38.1 Å². The molecule has 0 aromatic heterocycles. The maximum absolute atomic E-state index is 12.5. The molecule has 2 aliphatic rings. The summed E-state index contributed by atoms with van der Waals surface area (Å²) in [5.41, 5.74) is 1.52. The van der Waals surface area contributed by atoms with Gasteiger partial charge in [0.1, 0.15) is 5.60 Å². The summed E-state index contributed by atoms with van der Waals surface area (Å²) in [6.45, 7) is 8.09. The van der Waals surface area contributed by atoms with E-state index in [-0.39, 0.29) is 11.9 Å². The first-order valence-corrected chi connectivity index (χ1v) is 8.38. The Morgan fingerprint density at radius 2 is 2.00 bits per heavy atom. The summed E-state index contributed by atoms with van der Waals surface area (Å²) in [6.07, 6.45) is 7.20. The summed E-state index contributed by atoms with van der Waals surface area (Å²) in [5.74, 6) is 2.05. The van der Waals surface area contributed by atoms with Crippen molar-refractivity contribution in [2.45, 2.75) is 52.1 Å². The highest BCUT2D eigenvalue weighted by Crippen LogP contribution is 2.48. The lowest BCUT2D eigenvalue weighted by Crippen LogP contribution is -2.33. The molecule has 2 bridgehead atoms. The molecule has 0 amide bonds. The summed E-state index contributed by atoms with van der Waals surface area (Å²) >= 11 is 0. The van der Waals surface area contributed by atoms with E-state index in [2.05, 4.69) is 32.1 Å². The Balaban J connectivity index is 1.77.